The Labute approximate surface area is 194 Å². The Balaban J connectivity index is 1.33. The zero-order chi connectivity index (χ0) is 23.6. The summed E-state index contributed by atoms with van der Waals surface area (Å²) in [5.41, 5.74) is 7.35. The number of sulfonamides is 1. The SMILES string of the molecule is Cn1cc(S(=O)(=O)N2CCC(C(=O)Nc3ccc(N4CCCCC4)cc3)CC2)cc1C(N)=O. The van der Waals surface area contributed by atoms with Crippen LogP contribution in [0, 0.1) is 5.92 Å². The van der Waals surface area contributed by atoms with Gasteiger partial charge in [0.2, 0.25) is 15.9 Å². The van der Waals surface area contributed by atoms with E-state index in [1.165, 1.54) is 46.1 Å². The minimum atomic E-state index is -3.75. The number of rotatable bonds is 6. The van der Waals surface area contributed by atoms with E-state index in [1.54, 1.807) is 7.05 Å². The molecule has 2 aliphatic rings. The maximum atomic E-state index is 13.0. The lowest BCUT2D eigenvalue weighted by Gasteiger charge is -2.30. The fourth-order valence-corrected chi connectivity index (χ4v) is 6.12. The number of nitrogens with zero attached hydrogens (tertiary/aromatic N) is 3. The van der Waals surface area contributed by atoms with Gasteiger partial charge in [-0.2, -0.15) is 4.31 Å². The number of piperidine rings is 2. The summed E-state index contributed by atoms with van der Waals surface area (Å²) in [6.45, 7) is 2.63. The highest BCUT2D eigenvalue weighted by atomic mass is 32.2. The van der Waals surface area contributed by atoms with E-state index in [-0.39, 0.29) is 35.5 Å². The zero-order valence-electron chi connectivity index (χ0n) is 18.9. The molecular weight excluding hydrogens is 442 g/mol. The number of benzene rings is 1. The lowest BCUT2D eigenvalue weighted by molar-refractivity contribution is -0.120. The van der Waals surface area contributed by atoms with E-state index in [4.69, 9.17) is 5.73 Å². The Morgan fingerprint density at radius 3 is 2.21 bits per heavy atom. The highest BCUT2D eigenvalue weighted by molar-refractivity contribution is 7.89. The van der Waals surface area contributed by atoms with Gasteiger partial charge in [-0.15, -0.1) is 0 Å². The summed E-state index contributed by atoms with van der Waals surface area (Å²) in [5, 5.41) is 2.97. The number of primary amides is 1. The Hall–Kier alpha value is -2.85. The summed E-state index contributed by atoms with van der Waals surface area (Å²) in [7, 11) is -2.17. The molecule has 0 spiro atoms. The predicted molar refractivity (Wildman–Crippen MR) is 127 cm³/mol. The van der Waals surface area contributed by atoms with Gasteiger partial charge in [0.15, 0.2) is 0 Å². The summed E-state index contributed by atoms with van der Waals surface area (Å²) in [5.74, 6) is -1.03. The topological polar surface area (TPSA) is 118 Å². The third kappa shape index (κ3) is 5.06. The number of hydrogen-bond donors (Lipinski definition) is 2. The quantitative estimate of drug-likeness (QED) is 0.667. The molecule has 0 unspecified atom stereocenters. The molecule has 0 bridgehead atoms. The van der Waals surface area contributed by atoms with Crippen molar-refractivity contribution in [2.45, 2.75) is 37.0 Å². The average molecular weight is 474 g/mol. The van der Waals surface area contributed by atoms with Crippen molar-refractivity contribution >= 4 is 33.2 Å². The predicted octanol–water partition coefficient (Wildman–Crippen LogP) is 2.15. The second kappa shape index (κ2) is 9.56. The van der Waals surface area contributed by atoms with Gasteiger partial charge in [0.05, 0.1) is 0 Å². The normalized spacial score (nSPS) is 18.3. The molecule has 1 aromatic carbocycles. The second-order valence-corrected chi connectivity index (χ2v) is 10.7. The Morgan fingerprint density at radius 2 is 1.64 bits per heavy atom. The molecule has 2 aromatic rings. The van der Waals surface area contributed by atoms with Crippen molar-refractivity contribution in [3.63, 3.8) is 0 Å². The van der Waals surface area contributed by atoms with Crippen molar-refractivity contribution in [3.05, 3.63) is 42.2 Å². The van der Waals surface area contributed by atoms with Crippen LogP contribution in [-0.2, 0) is 21.9 Å². The molecule has 4 rings (SSSR count). The molecule has 33 heavy (non-hydrogen) atoms. The van der Waals surface area contributed by atoms with Gasteiger partial charge in [-0.1, -0.05) is 0 Å². The van der Waals surface area contributed by atoms with Crippen LogP contribution in [0.1, 0.15) is 42.6 Å². The first kappa shape index (κ1) is 23.3. The number of carbonyl (C=O) groups excluding carboxylic acids is 2. The molecule has 2 fully saturated rings. The minimum Gasteiger partial charge on any atom is -0.372 e. The van der Waals surface area contributed by atoms with Gasteiger partial charge in [0, 0.05) is 56.7 Å². The first-order valence-corrected chi connectivity index (χ1v) is 12.8. The van der Waals surface area contributed by atoms with Gasteiger partial charge in [0.1, 0.15) is 10.6 Å². The molecular formula is C23H31N5O4S. The van der Waals surface area contributed by atoms with Crippen LogP contribution in [0.15, 0.2) is 41.4 Å². The number of nitrogens with one attached hydrogen (secondary N) is 1. The highest BCUT2D eigenvalue weighted by Gasteiger charge is 2.33. The van der Waals surface area contributed by atoms with Crippen molar-refractivity contribution < 1.29 is 18.0 Å². The van der Waals surface area contributed by atoms with Gasteiger partial charge >= 0.3 is 0 Å². The molecule has 9 nitrogen and oxygen atoms in total. The van der Waals surface area contributed by atoms with Gasteiger partial charge in [-0.3, -0.25) is 9.59 Å². The van der Waals surface area contributed by atoms with E-state index in [0.29, 0.717) is 12.8 Å². The van der Waals surface area contributed by atoms with Crippen LogP contribution in [0.2, 0.25) is 0 Å². The average Bonchev–Trinajstić information content (AvgIpc) is 3.23. The fourth-order valence-electron chi connectivity index (χ4n) is 4.58. The lowest BCUT2D eigenvalue weighted by Crippen LogP contribution is -2.41. The lowest BCUT2D eigenvalue weighted by atomic mass is 9.97. The third-order valence-electron chi connectivity index (χ3n) is 6.55. The summed E-state index contributed by atoms with van der Waals surface area (Å²) in [6.07, 6.45) is 5.97. The molecule has 0 saturated carbocycles. The second-order valence-electron chi connectivity index (χ2n) is 8.80. The van der Waals surface area contributed by atoms with Crippen molar-refractivity contribution in [2.75, 3.05) is 36.4 Å². The van der Waals surface area contributed by atoms with Gasteiger partial charge < -0.3 is 20.5 Å². The molecule has 0 aliphatic carbocycles. The first-order chi connectivity index (χ1) is 15.8. The largest absolute Gasteiger partial charge is 0.372 e. The number of carbonyl (C=O) groups is 2. The van der Waals surface area contributed by atoms with Crippen LogP contribution in [0.25, 0.3) is 0 Å². The van der Waals surface area contributed by atoms with Crippen LogP contribution < -0.4 is 16.0 Å². The number of nitrogens with two attached hydrogens (primary N) is 1. The Morgan fingerprint density at radius 1 is 1.00 bits per heavy atom. The summed E-state index contributed by atoms with van der Waals surface area (Å²) < 4.78 is 28.7. The van der Waals surface area contributed by atoms with Crippen molar-refractivity contribution in [1.82, 2.24) is 8.87 Å². The monoisotopic (exact) mass is 473 g/mol. The van der Waals surface area contributed by atoms with E-state index in [0.717, 1.165) is 18.8 Å². The molecule has 2 amide bonds. The summed E-state index contributed by atoms with van der Waals surface area (Å²) in [6, 6.07) is 9.22. The number of anilines is 2. The van der Waals surface area contributed by atoms with Crippen molar-refractivity contribution in [2.24, 2.45) is 18.7 Å². The van der Waals surface area contributed by atoms with E-state index in [1.807, 2.05) is 24.3 Å². The maximum Gasteiger partial charge on any atom is 0.265 e. The Kier molecular flexibility index (Phi) is 6.76. The van der Waals surface area contributed by atoms with Gasteiger partial charge in [-0.25, -0.2) is 8.42 Å². The zero-order valence-corrected chi connectivity index (χ0v) is 19.7. The molecule has 0 atom stereocenters. The van der Waals surface area contributed by atoms with Crippen molar-refractivity contribution in [3.8, 4) is 0 Å². The molecule has 3 heterocycles. The Bertz CT molecular complexity index is 1110. The molecule has 10 heteroatoms. The molecule has 2 saturated heterocycles. The number of hydrogen-bond acceptors (Lipinski definition) is 5. The van der Waals surface area contributed by atoms with Crippen LogP contribution in [0.5, 0.6) is 0 Å². The van der Waals surface area contributed by atoms with E-state index >= 15 is 0 Å². The van der Waals surface area contributed by atoms with E-state index in [9.17, 15) is 18.0 Å². The molecule has 1 aromatic heterocycles. The van der Waals surface area contributed by atoms with E-state index < -0.39 is 15.9 Å². The minimum absolute atomic E-state index is 0.0375. The standard InChI is InChI=1S/C23H31N5O4S/c1-26-16-20(15-21(26)22(24)29)33(31,32)28-13-9-17(10-14-28)23(30)25-18-5-7-19(8-6-18)27-11-3-2-4-12-27/h5-8,15-17H,2-4,9-14H2,1H3,(H2,24,29)(H,25,30). The maximum absolute atomic E-state index is 13.0. The number of aromatic nitrogens is 1. The summed E-state index contributed by atoms with van der Waals surface area (Å²) in [4.78, 5) is 26.6. The van der Waals surface area contributed by atoms with Crippen LogP contribution >= 0.6 is 0 Å². The van der Waals surface area contributed by atoms with Gasteiger partial charge in [-0.05, 0) is 62.4 Å². The molecule has 178 valence electrons. The van der Waals surface area contributed by atoms with Crippen LogP contribution in [0.4, 0.5) is 11.4 Å². The highest BCUT2D eigenvalue weighted by Crippen LogP contribution is 2.27. The molecule has 2 aliphatic heterocycles. The van der Waals surface area contributed by atoms with Crippen LogP contribution in [0.3, 0.4) is 0 Å². The van der Waals surface area contributed by atoms with Crippen molar-refractivity contribution in [1.29, 1.82) is 0 Å². The van der Waals surface area contributed by atoms with Gasteiger partial charge in [0.25, 0.3) is 5.91 Å². The van der Waals surface area contributed by atoms with E-state index in [2.05, 4.69) is 10.2 Å². The van der Waals surface area contributed by atoms with Crippen LogP contribution in [-0.4, -0.2) is 55.3 Å². The first-order valence-electron chi connectivity index (χ1n) is 11.4. The smallest absolute Gasteiger partial charge is 0.265 e. The molecule has 0 radical (unpaired) electrons. The summed E-state index contributed by atoms with van der Waals surface area (Å²) >= 11 is 0. The third-order valence-corrected chi connectivity index (χ3v) is 8.41. The number of amides is 2. The number of aryl methyl sites for hydroxylation is 1. The molecule has 3 N–H and O–H groups in total. The fraction of sp³-hybridized carbons (Fsp3) is 0.478.